The molecule has 1 unspecified atom stereocenters. The average molecular weight is 204 g/mol. The van der Waals surface area contributed by atoms with Crippen molar-refractivity contribution in [1.82, 2.24) is 0 Å². The highest BCUT2D eigenvalue weighted by Crippen LogP contribution is 2.10. The van der Waals surface area contributed by atoms with Gasteiger partial charge in [0.05, 0.1) is 5.75 Å². The van der Waals surface area contributed by atoms with Gasteiger partial charge < -0.3 is 9.29 Å². The van der Waals surface area contributed by atoms with Crippen molar-refractivity contribution < 1.29 is 17.9 Å². The van der Waals surface area contributed by atoms with Crippen LogP contribution in [0.15, 0.2) is 24.3 Å². The lowest BCUT2D eigenvalue weighted by molar-refractivity contribution is 0.339. The van der Waals surface area contributed by atoms with Crippen LogP contribution in [0.4, 0.5) is 4.39 Å². The Morgan fingerprint density at radius 3 is 2.54 bits per heavy atom. The molecular formula is C8H9FO3S. The van der Waals surface area contributed by atoms with Gasteiger partial charge in [0.25, 0.3) is 0 Å². The first-order valence-electron chi connectivity index (χ1n) is 3.64. The molecule has 1 N–H and O–H groups in total. The van der Waals surface area contributed by atoms with Crippen molar-refractivity contribution in [3.05, 3.63) is 30.1 Å². The van der Waals surface area contributed by atoms with Crippen LogP contribution in [0.1, 0.15) is 0 Å². The Labute approximate surface area is 77.8 Å². The van der Waals surface area contributed by atoms with Crippen molar-refractivity contribution >= 4 is 11.1 Å². The third kappa shape index (κ3) is 4.00. The van der Waals surface area contributed by atoms with E-state index in [-0.39, 0.29) is 18.2 Å². The molecule has 0 heterocycles. The van der Waals surface area contributed by atoms with E-state index in [2.05, 4.69) is 0 Å². The Kier molecular flexibility index (Phi) is 3.85. The molecule has 13 heavy (non-hydrogen) atoms. The fraction of sp³-hybridized carbons (Fsp3) is 0.250. The predicted molar refractivity (Wildman–Crippen MR) is 47.5 cm³/mol. The van der Waals surface area contributed by atoms with Gasteiger partial charge in [-0.15, -0.1) is 0 Å². The number of hydrogen-bond donors (Lipinski definition) is 1. The molecular weight excluding hydrogens is 195 g/mol. The quantitative estimate of drug-likeness (QED) is 0.754. The molecule has 1 aromatic carbocycles. The summed E-state index contributed by atoms with van der Waals surface area (Å²) < 4.78 is 36.1. The van der Waals surface area contributed by atoms with Crippen molar-refractivity contribution in [3.8, 4) is 5.75 Å². The Morgan fingerprint density at radius 2 is 2.00 bits per heavy atom. The topological polar surface area (TPSA) is 46.5 Å². The molecule has 0 fully saturated rings. The van der Waals surface area contributed by atoms with Gasteiger partial charge in [0.2, 0.25) is 0 Å². The normalized spacial score (nSPS) is 12.5. The maximum absolute atomic E-state index is 12.4. The summed E-state index contributed by atoms with van der Waals surface area (Å²) in [6.07, 6.45) is 0. The summed E-state index contributed by atoms with van der Waals surface area (Å²) in [5.41, 5.74) is 0. The molecule has 72 valence electrons. The molecule has 1 rings (SSSR count). The Bertz CT molecular complexity index is 286. The van der Waals surface area contributed by atoms with Gasteiger partial charge >= 0.3 is 0 Å². The fourth-order valence-electron chi connectivity index (χ4n) is 0.762. The van der Waals surface area contributed by atoms with Crippen LogP contribution in [0.2, 0.25) is 0 Å². The summed E-state index contributed by atoms with van der Waals surface area (Å²) >= 11 is -1.84. The second-order valence-corrected chi connectivity index (χ2v) is 3.38. The molecule has 3 nitrogen and oxygen atoms in total. The van der Waals surface area contributed by atoms with Crippen LogP contribution in [0, 0.1) is 5.82 Å². The van der Waals surface area contributed by atoms with Crippen molar-refractivity contribution in [2.75, 3.05) is 12.4 Å². The summed E-state index contributed by atoms with van der Waals surface area (Å²) in [5, 5.41) is 0. The van der Waals surface area contributed by atoms with E-state index in [0.717, 1.165) is 0 Å². The van der Waals surface area contributed by atoms with Gasteiger partial charge in [-0.25, -0.2) is 8.60 Å². The lowest BCUT2D eigenvalue weighted by Gasteiger charge is -2.03. The number of halogens is 1. The lowest BCUT2D eigenvalue weighted by Crippen LogP contribution is -2.07. The largest absolute Gasteiger partial charge is 0.493 e. The van der Waals surface area contributed by atoms with E-state index in [9.17, 15) is 8.60 Å². The van der Waals surface area contributed by atoms with Crippen LogP contribution in [0.3, 0.4) is 0 Å². The zero-order valence-electron chi connectivity index (χ0n) is 6.77. The molecule has 0 aliphatic heterocycles. The van der Waals surface area contributed by atoms with E-state index >= 15 is 0 Å². The molecule has 0 saturated heterocycles. The van der Waals surface area contributed by atoms with E-state index in [1.54, 1.807) is 0 Å². The molecule has 0 aromatic heterocycles. The van der Waals surface area contributed by atoms with Crippen LogP contribution >= 0.6 is 0 Å². The first kappa shape index (κ1) is 10.1. The monoisotopic (exact) mass is 204 g/mol. The smallest absolute Gasteiger partial charge is 0.156 e. The third-order valence-electron chi connectivity index (χ3n) is 1.34. The third-order valence-corrected chi connectivity index (χ3v) is 1.86. The second-order valence-electron chi connectivity index (χ2n) is 2.33. The Balaban J connectivity index is 2.37. The minimum Gasteiger partial charge on any atom is -0.493 e. The summed E-state index contributed by atoms with van der Waals surface area (Å²) in [5.74, 6) is 0.210. The zero-order valence-corrected chi connectivity index (χ0v) is 7.59. The molecule has 0 bridgehead atoms. The highest BCUT2D eigenvalue weighted by molar-refractivity contribution is 7.79. The van der Waals surface area contributed by atoms with E-state index in [4.69, 9.17) is 9.29 Å². The van der Waals surface area contributed by atoms with Crippen LogP contribution in [0.5, 0.6) is 5.75 Å². The van der Waals surface area contributed by atoms with E-state index < -0.39 is 11.1 Å². The molecule has 1 atom stereocenters. The number of hydrogen-bond acceptors (Lipinski definition) is 2. The standard InChI is InChI=1S/C8H9FO3S/c9-7-1-3-8(4-2-7)12-5-6-13(10)11/h1-4H,5-6H2,(H,10,11). The maximum Gasteiger partial charge on any atom is 0.156 e. The van der Waals surface area contributed by atoms with Gasteiger partial charge in [-0.2, -0.15) is 0 Å². The molecule has 0 radical (unpaired) electrons. The minimum absolute atomic E-state index is 0.0530. The van der Waals surface area contributed by atoms with Gasteiger partial charge in [0.1, 0.15) is 18.2 Å². The Hall–Kier alpha value is -0.940. The van der Waals surface area contributed by atoms with Crippen LogP contribution in [0.25, 0.3) is 0 Å². The molecule has 0 aliphatic carbocycles. The fourth-order valence-corrected chi connectivity index (χ4v) is 0.988. The molecule has 0 spiro atoms. The van der Waals surface area contributed by atoms with Crippen LogP contribution < -0.4 is 4.74 Å². The van der Waals surface area contributed by atoms with Crippen LogP contribution in [-0.4, -0.2) is 21.1 Å². The van der Waals surface area contributed by atoms with Gasteiger partial charge in [0, 0.05) is 0 Å². The van der Waals surface area contributed by atoms with Gasteiger partial charge in [-0.05, 0) is 24.3 Å². The first-order valence-corrected chi connectivity index (χ1v) is 4.92. The predicted octanol–water partition coefficient (Wildman–Crippen LogP) is 1.43. The number of rotatable bonds is 4. The van der Waals surface area contributed by atoms with Crippen molar-refractivity contribution in [2.45, 2.75) is 0 Å². The summed E-state index contributed by atoms with van der Waals surface area (Å²) in [7, 11) is 0. The molecule has 0 aliphatic rings. The van der Waals surface area contributed by atoms with E-state index in [0.29, 0.717) is 5.75 Å². The van der Waals surface area contributed by atoms with E-state index in [1.165, 1.54) is 24.3 Å². The second kappa shape index (κ2) is 4.94. The average Bonchev–Trinajstić information content (AvgIpc) is 2.08. The highest BCUT2D eigenvalue weighted by atomic mass is 32.2. The van der Waals surface area contributed by atoms with Gasteiger partial charge in [0.15, 0.2) is 11.1 Å². The SMILES string of the molecule is O=S(O)CCOc1ccc(F)cc1. The summed E-state index contributed by atoms with van der Waals surface area (Å²) in [4.78, 5) is 0. The minimum atomic E-state index is -1.84. The maximum atomic E-state index is 12.4. The van der Waals surface area contributed by atoms with Crippen LogP contribution in [-0.2, 0) is 11.1 Å². The number of benzene rings is 1. The number of ether oxygens (including phenoxy) is 1. The van der Waals surface area contributed by atoms with Crippen molar-refractivity contribution in [1.29, 1.82) is 0 Å². The molecule has 5 heteroatoms. The van der Waals surface area contributed by atoms with Gasteiger partial charge in [-0.1, -0.05) is 0 Å². The highest BCUT2D eigenvalue weighted by Gasteiger charge is 1.96. The summed E-state index contributed by atoms with van der Waals surface area (Å²) in [6, 6.07) is 5.47. The zero-order chi connectivity index (χ0) is 9.68. The molecule has 1 aromatic rings. The molecule has 0 saturated carbocycles. The van der Waals surface area contributed by atoms with Gasteiger partial charge in [-0.3, -0.25) is 0 Å². The summed E-state index contributed by atoms with van der Waals surface area (Å²) in [6.45, 7) is 0.148. The molecule has 0 amide bonds. The van der Waals surface area contributed by atoms with Crippen molar-refractivity contribution in [3.63, 3.8) is 0 Å². The van der Waals surface area contributed by atoms with Crippen molar-refractivity contribution in [2.24, 2.45) is 0 Å². The first-order chi connectivity index (χ1) is 6.18. The van der Waals surface area contributed by atoms with E-state index in [1.807, 2.05) is 0 Å². The lowest BCUT2D eigenvalue weighted by atomic mass is 10.3. The Morgan fingerprint density at radius 1 is 1.38 bits per heavy atom.